The van der Waals surface area contributed by atoms with Crippen molar-refractivity contribution in [1.82, 2.24) is 0 Å². The van der Waals surface area contributed by atoms with E-state index in [2.05, 4.69) is 20.8 Å². The van der Waals surface area contributed by atoms with Gasteiger partial charge >= 0.3 is 0 Å². The van der Waals surface area contributed by atoms with E-state index in [9.17, 15) is 10.2 Å². The van der Waals surface area contributed by atoms with Gasteiger partial charge < -0.3 is 10.2 Å². The minimum atomic E-state index is -0.0863. The van der Waals surface area contributed by atoms with Gasteiger partial charge in [0, 0.05) is 6.61 Å². The third-order valence-electron chi connectivity index (χ3n) is 3.30. The Kier molecular flexibility index (Phi) is 3.75. The van der Waals surface area contributed by atoms with Crippen molar-refractivity contribution < 1.29 is 10.2 Å². The second kappa shape index (κ2) is 4.67. The van der Waals surface area contributed by atoms with Crippen molar-refractivity contribution in [3.8, 4) is 5.75 Å². The fourth-order valence-corrected chi connectivity index (χ4v) is 1.52. The van der Waals surface area contributed by atoms with E-state index in [4.69, 9.17) is 0 Å². The summed E-state index contributed by atoms with van der Waals surface area (Å²) in [5.41, 5.74) is 1.06. The maximum Gasteiger partial charge on any atom is 0.115 e. The summed E-state index contributed by atoms with van der Waals surface area (Å²) in [5, 5.41) is 18.6. The average Bonchev–Trinajstić information content (AvgIpc) is 2.21. The number of hydrogen-bond acceptors (Lipinski definition) is 2. The normalized spacial score (nSPS) is 15.3. The van der Waals surface area contributed by atoms with Crippen LogP contribution in [0.15, 0.2) is 24.3 Å². The van der Waals surface area contributed by atoms with Gasteiger partial charge in [0.2, 0.25) is 0 Å². The van der Waals surface area contributed by atoms with Crippen LogP contribution in [0.2, 0.25) is 0 Å². The van der Waals surface area contributed by atoms with Crippen LogP contribution in [0.5, 0.6) is 5.75 Å². The second-order valence-electron chi connectivity index (χ2n) is 4.81. The molecule has 0 radical (unpaired) electrons. The minimum absolute atomic E-state index is 0.0863. The van der Waals surface area contributed by atoms with Gasteiger partial charge in [-0.25, -0.2) is 0 Å². The summed E-state index contributed by atoms with van der Waals surface area (Å²) in [6.45, 7) is 6.52. The summed E-state index contributed by atoms with van der Waals surface area (Å²) >= 11 is 0. The summed E-state index contributed by atoms with van der Waals surface area (Å²) in [7, 11) is 0. The number of phenolic OH excluding ortho intramolecular Hbond substituents is 1. The van der Waals surface area contributed by atoms with E-state index in [1.54, 1.807) is 12.1 Å². The molecule has 0 heterocycles. The van der Waals surface area contributed by atoms with Crippen molar-refractivity contribution in [2.75, 3.05) is 6.61 Å². The van der Waals surface area contributed by atoms with Gasteiger partial charge in [0.1, 0.15) is 5.75 Å². The molecule has 0 aliphatic rings. The first-order chi connectivity index (χ1) is 6.98. The molecule has 1 aromatic rings. The van der Waals surface area contributed by atoms with Crippen LogP contribution in [0.4, 0.5) is 0 Å². The predicted molar refractivity (Wildman–Crippen MR) is 61.8 cm³/mol. The van der Waals surface area contributed by atoms with Gasteiger partial charge in [0.15, 0.2) is 0 Å². The quantitative estimate of drug-likeness (QED) is 0.798. The highest BCUT2D eigenvalue weighted by Crippen LogP contribution is 2.31. The Morgan fingerprint density at radius 3 is 2.13 bits per heavy atom. The molecule has 0 aliphatic heterocycles. The van der Waals surface area contributed by atoms with E-state index in [0.29, 0.717) is 5.92 Å². The van der Waals surface area contributed by atoms with E-state index in [-0.39, 0.29) is 17.8 Å². The maximum absolute atomic E-state index is 9.42. The zero-order valence-electron chi connectivity index (χ0n) is 9.70. The third kappa shape index (κ3) is 2.96. The molecule has 2 heteroatoms. The molecule has 1 rings (SSSR count). The molecule has 2 nitrogen and oxygen atoms in total. The highest BCUT2D eigenvalue weighted by atomic mass is 16.3. The summed E-state index contributed by atoms with van der Waals surface area (Å²) in [4.78, 5) is 0. The molecule has 0 amide bonds. The first-order valence-electron chi connectivity index (χ1n) is 5.37. The Labute approximate surface area is 91.6 Å². The molecule has 1 aromatic carbocycles. The van der Waals surface area contributed by atoms with Crippen LogP contribution >= 0.6 is 0 Å². The molecule has 0 aromatic heterocycles. The second-order valence-corrected chi connectivity index (χ2v) is 4.81. The molecule has 15 heavy (non-hydrogen) atoms. The summed E-state index contributed by atoms with van der Waals surface area (Å²) in [6, 6.07) is 7.19. The Balaban J connectivity index is 2.79. The molecular weight excluding hydrogens is 188 g/mol. The molecule has 0 saturated heterocycles. The van der Waals surface area contributed by atoms with Gasteiger partial charge in [-0.05, 0) is 35.4 Å². The van der Waals surface area contributed by atoms with Crippen molar-refractivity contribution in [3.05, 3.63) is 29.8 Å². The van der Waals surface area contributed by atoms with Crippen molar-refractivity contribution >= 4 is 0 Å². The Morgan fingerprint density at radius 1 is 1.20 bits per heavy atom. The van der Waals surface area contributed by atoms with Crippen LogP contribution in [0.1, 0.15) is 26.3 Å². The van der Waals surface area contributed by atoms with E-state index >= 15 is 0 Å². The average molecular weight is 208 g/mol. The highest BCUT2D eigenvalue weighted by Gasteiger charge is 2.27. The molecule has 2 N–H and O–H groups in total. The zero-order valence-corrected chi connectivity index (χ0v) is 9.70. The lowest BCUT2D eigenvalue weighted by molar-refractivity contribution is 0.0947. The molecule has 84 valence electrons. The van der Waals surface area contributed by atoms with Crippen LogP contribution < -0.4 is 0 Å². The lowest BCUT2D eigenvalue weighted by atomic mass is 9.75. The number of phenols is 1. The zero-order chi connectivity index (χ0) is 11.5. The number of aliphatic hydroxyl groups is 1. The lowest BCUT2D eigenvalue weighted by Gasteiger charge is -2.31. The summed E-state index contributed by atoms with van der Waals surface area (Å²) < 4.78 is 0. The van der Waals surface area contributed by atoms with Crippen LogP contribution in [-0.4, -0.2) is 16.8 Å². The molecule has 0 aliphatic carbocycles. The summed E-state index contributed by atoms with van der Waals surface area (Å²) in [6.07, 6.45) is 0.835. The standard InChI is InChI=1S/C13H20O2/c1-10(2)13(3,9-14)8-11-4-6-12(15)7-5-11/h4-7,10,14-15H,8-9H2,1-3H3. The van der Waals surface area contributed by atoms with Gasteiger partial charge in [-0.1, -0.05) is 32.9 Å². The van der Waals surface area contributed by atoms with Crippen LogP contribution in [0.3, 0.4) is 0 Å². The SMILES string of the molecule is CC(C)C(C)(CO)Cc1ccc(O)cc1. The third-order valence-corrected chi connectivity index (χ3v) is 3.30. The molecular formula is C13H20O2. The molecule has 1 atom stereocenters. The number of aliphatic hydroxyl groups excluding tert-OH is 1. The van der Waals surface area contributed by atoms with Crippen molar-refractivity contribution in [2.45, 2.75) is 27.2 Å². The molecule has 0 saturated carbocycles. The highest BCUT2D eigenvalue weighted by molar-refractivity contribution is 5.26. The van der Waals surface area contributed by atoms with Gasteiger partial charge in [-0.3, -0.25) is 0 Å². The first kappa shape index (κ1) is 12.1. The predicted octanol–water partition coefficient (Wildman–Crippen LogP) is 2.59. The molecule has 1 unspecified atom stereocenters. The lowest BCUT2D eigenvalue weighted by Crippen LogP contribution is -2.30. The van der Waals surface area contributed by atoms with Crippen molar-refractivity contribution in [3.63, 3.8) is 0 Å². The first-order valence-corrected chi connectivity index (χ1v) is 5.37. The minimum Gasteiger partial charge on any atom is -0.508 e. The number of rotatable bonds is 4. The van der Waals surface area contributed by atoms with Gasteiger partial charge in [-0.15, -0.1) is 0 Å². The Morgan fingerprint density at radius 2 is 1.73 bits per heavy atom. The van der Waals surface area contributed by atoms with E-state index in [0.717, 1.165) is 12.0 Å². The fraction of sp³-hybridized carbons (Fsp3) is 0.538. The Hall–Kier alpha value is -1.02. The van der Waals surface area contributed by atoms with Crippen molar-refractivity contribution in [1.29, 1.82) is 0 Å². The molecule has 0 spiro atoms. The topological polar surface area (TPSA) is 40.5 Å². The van der Waals surface area contributed by atoms with E-state index in [1.165, 1.54) is 0 Å². The fourth-order valence-electron chi connectivity index (χ4n) is 1.52. The summed E-state index contributed by atoms with van der Waals surface area (Å²) in [5.74, 6) is 0.713. The number of hydrogen-bond donors (Lipinski definition) is 2. The number of aromatic hydroxyl groups is 1. The van der Waals surface area contributed by atoms with Gasteiger partial charge in [0.05, 0.1) is 0 Å². The Bertz CT molecular complexity index is 303. The largest absolute Gasteiger partial charge is 0.508 e. The van der Waals surface area contributed by atoms with Gasteiger partial charge in [-0.2, -0.15) is 0 Å². The van der Waals surface area contributed by atoms with E-state index in [1.807, 2.05) is 12.1 Å². The van der Waals surface area contributed by atoms with E-state index < -0.39 is 0 Å². The van der Waals surface area contributed by atoms with Crippen LogP contribution in [-0.2, 0) is 6.42 Å². The van der Waals surface area contributed by atoms with Gasteiger partial charge in [0.25, 0.3) is 0 Å². The number of benzene rings is 1. The maximum atomic E-state index is 9.42. The molecule has 0 bridgehead atoms. The smallest absolute Gasteiger partial charge is 0.115 e. The molecule has 0 fully saturated rings. The van der Waals surface area contributed by atoms with Crippen LogP contribution in [0.25, 0.3) is 0 Å². The monoisotopic (exact) mass is 208 g/mol. The van der Waals surface area contributed by atoms with Crippen molar-refractivity contribution in [2.24, 2.45) is 11.3 Å². The van der Waals surface area contributed by atoms with Crippen LogP contribution in [0, 0.1) is 11.3 Å².